The molecule has 0 aliphatic carbocycles. The molecule has 0 unspecified atom stereocenters. The van der Waals surface area contributed by atoms with E-state index in [0.29, 0.717) is 28.8 Å². The highest BCUT2D eigenvalue weighted by molar-refractivity contribution is 6.32. The van der Waals surface area contributed by atoms with Crippen LogP contribution in [0.1, 0.15) is 52.7 Å². The molecular weight excluding hydrogens is 476 g/mol. The average Bonchev–Trinajstić information content (AvgIpc) is 3.27. The molecule has 8 heteroatoms. The summed E-state index contributed by atoms with van der Waals surface area (Å²) < 4.78 is 7.28. The lowest BCUT2D eigenvalue weighted by molar-refractivity contribution is -0.136. The summed E-state index contributed by atoms with van der Waals surface area (Å²) in [5.41, 5.74) is 1.24. The summed E-state index contributed by atoms with van der Waals surface area (Å²) in [6, 6.07) is 18.4. The van der Waals surface area contributed by atoms with Crippen molar-refractivity contribution < 1.29 is 14.3 Å². The monoisotopic (exact) mass is 510 g/mol. The van der Waals surface area contributed by atoms with Gasteiger partial charge < -0.3 is 15.0 Å². The van der Waals surface area contributed by atoms with Gasteiger partial charge in [-0.2, -0.15) is 5.10 Å². The number of anilines is 1. The lowest BCUT2D eigenvalue weighted by Gasteiger charge is -2.22. The van der Waals surface area contributed by atoms with Crippen LogP contribution in [-0.4, -0.2) is 46.2 Å². The van der Waals surface area contributed by atoms with Crippen molar-refractivity contribution in [2.75, 3.05) is 25.0 Å². The number of benzene rings is 2. The van der Waals surface area contributed by atoms with Gasteiger partial charge in [-0.05, 0) is 30.7 Å². The van der Waals surface area contributed by atoms with Crippen LogP contribution in [0.4, 0.5) is 5.82 Å². The van der Waals surface area contributed by atoms with E-state index in [1.54, 1.807) is 27.8 Å². The Bertz CT molecular complexity index is 1160. The van der Waals surface area contributed by atoms with Gasteiger partial charge in [-0.15, -0.1) is 0 Å². The second kappa shape index (κ2) is 12.6. The summed E-state index contributed by atoms with van der Waals surface area (Å²) in [6.07, 6.45) is 2.80. The highest BCUT2D eigenvalue weighted by Crippen LogP contribution is 2.29. The van der Waals surface area contributed by atoms with Crippen LogP contribution in [0.3, 0.4) is 0 Å². The summed E-state index contributed by atoms with van der Waals surface area (Å²) in [6.45, 7) is 8.53. The van der Waals surface area contributed by atoms with Gasteiger partial charge in [-0.25, -0.2) is 4.68 Å². The van der Waals surface area contributed by atoms with Crippen molar-refractivity contribution in [2.24, 2.45) is 0 Å². The number of carbonyl (C=O) groups excluding carboxylic acids is 2. The van der Waals surface area contributed by atoms with Crippen LogP contribution in [0.5, 0.6) is 5.75 Å². The minimum atomic E-state index is -0.312. The molecule has 0 radical (unpaired) electrons. The van der Waals surface area contributed by atoms with Crippen molar-refractivity contribution in [2.45, 2.75) is 52.4 Å². The van der Waals surface area contributed by atoms with E-state index < -0.39 is 0 Å². The number of nitrogens with one attached hydrogen (secondary N) is 1. The Morgan fingerprint density at radius 1 is 1.06 bits per heavy atom. The van der Waals surface area contributed by atoms with Crippen molar-refractivity contribution in [3.05, 3.63) is 71.4 Å². The first-order chi connectivity index (χ1) is 17.2. The van der Waals surface area contributed by atoms with E-state index in [1.165, 1.54) is 0 Å². The predicted octanol–water partition coefficient (Wildman–Crippen LogP) is 5.86. The van der Waals surface area contributed by atoms with Crippen LogP contribution in [0, 0.1) is 0 Å². The van der Waals surface area contributed by atoms with Crippen molar-refractivity contribution in [1.29, 1.82) is 0 Å². The van der Waals surface area contributed by atoms with Gasteiger partial charge in [0.1, 0.15) is 18.1 Å². The number of rotatable bonds is 11. The maximum absolute atomic E-state index is 13.1. The molecule has 2 aromatic carbocycles. The summed E-state index contributed by atoms with van der Waals surface area (Å²) in [5, 5.41) is 8.19. The van der Waals surface area contributed by atoms with E-state index in [9.17, 15) is 9.59 Å². The molecule has 192 valence electrons. The number of amides is 2. The molecule has 0 saturated carbocycles. The topological polar surface area (TPSA) is 76.5 Å². The second-order valence-corrected chi connectivity index (χ2v) is 10.1. The SMILES string of the molecule is CCCCCN(CC(=O)Nc1cc(C(C)(C)C)nn1-c1ccccc1Cl)C(=O)COc1ccccc1. The Morgan fingerprint density at radius 2 is 1.75 bits per heavy atom. The predicted molar refractivity (Wildman–Crippen MR) is 144 cm³/mol. The van der Waals surface area contributed by atoms with Gasteiger partial charge in [0.25, 0.3) is 5.91 Å². The van der Waals surface area contributed by atoms with Gasteiger partial charge in [0.2, 0.25) is 5.91 Å². The lowest BCUT2D eigenvalue weighted by Crippen LogP contribution is -2.41. The van der Waals surface area contributed by atoms with E-state index in [0.717, 1.165) is 25.0 Å². The fourth-order valence-electron chi connectivity index (χ4n) is 3.60. The third-order valence-electron chi connectivity index (χ3n) is 5.65. The van der Waals surface area contributed by atoms with Crippen molar-refractivity contribution in [3.63, 3.8) is 0 Å². The van der Waals surface area contributed by atoms with E-state index in [2.05, 4.69) is 33.0 Å². The molecule has 0 atom stereocenters. The first kappa shape index (κ1) is 27.3. The Balaban J connectivity index is 1.77. The minimum absolute atomic E-state index is 0.0841. The molecular formula is C28H35ClN4O3. The van der Waals surface area contributed by atoms with E-state index in [1.807, 2.05) is 42.5 Å². The number of para-hydroxylation sites is 2. The first-order valence-electron chi connectivity index (χ1n) is 12.3. The third kappa shape index (κ3) is 7.59. The maximum atomic E-state index is 13.1. The van der Waals surface area contributed by atoms with Gasteiger partial charge >= 0.3 is 0 Å². The van der Waals surface area contributed by atoms with Crippen LogP contribution in [-0.2, 0) is 15.0 Å². The summed E-state index contributed by atoms with van der Waals surface area (Å²) in [4.78, 5) is 27.6. The molecule has 0 saturated heterocycles. The standard InChI is InChI=1S/C28H35ClN4O3/c1-5-6-12-17-32(27(35)20-36-21-13-8-7-9-14-21)19-26(34)30-25-18-24(28(2,3)4)31-33(25)23-16-11-10-15-22(23)29/h7-11,13-16,18H,5-6,12,17,19-20H2,1-4H3,(H,30,34). The van der Waals surface area contributed by atoms with Crippen LogP contribution < -0.4 is 10.1 Å². The average molecular weight is 511 g/mol. The van der Waals surface area contributed by atoms with Gasteiger partial charge in [0.15, 0.2) is 6.61 Å². The molecule has 36 heavy (non-hydrogen) atoms. The Kier molecular flexibility index (Phi) is 9.53. The third-order valence-corrected chi connectivity index (χ3v) is 5.97. The zero-order valence-corrected chi connectivity index (χ0v) is 22.2. The van der Waals surface area contributed by atoms with Crippen LogP contribution in [0.25, 0.3) is 5.69 Å². The summed E-state index contributed by atoms with van der Waals surface area (Å²) in [7, 11) is 0. The minimum Gasteiger partial charge on any atom is -0.484 e. The summed E-state index contributed by atoms with van der Waals surface area (Å²) in [5.74, 6) is 0.565. The van der Waals surface area contributed by atoms with Gasteiger partial charge in [-0.3, -0.25) is 9.59 Å². The molecule has 7 nitrogen and oxygen atoms in total. The molecule has 3 aromatic rings. The van der Waals surface area contributed by atoms with Crippen LogP contribution >= 0.6 is 11.6 Å². The Hall–Kier alpha value is -3.32. The zero-order chi connectivity index (χ0) is 26.1. The number of nitrogens with zero attached hydrogens (tertiary/aromatic N) is 3. The fourth-order valence-corrected chi connectivity index (χ4v) is 3.81. The normalized spacial score (nSPS) is 11.2. The van der Waals surface area contributed by atoms with Crippen LogP contribution in [0.2, 0.25) is 5.02 Å². The molecule has 0 bridgehead atoms. The Morgan fingerprint density at radius 3 is 2.42 bits per heavy atom. The van der Waals surface area contributed by atoms with Gasteiger partial charge in [0, 0.05) is 18.0 Å². The van der Waals surface area contributed by atoms with E-state index in [4.69, 9.17) is 21.4 Å². The number of carbonyl (C=O) groups is 2. The highest BCUT2D eigenvalue weighted by atomic mass is 35.5. The molecule has 0 aliphatic rings. The lowest BCUT2D eigenvalue weighted by atomic mass is 9.92. The molecule has 1 aromatic heterocycles. The number of unbranched alkanes of at least 4 members (excludes halogenated alkanes) is 2. The zero-order valence-electron chi connectivity index (χ0n) is 21.5. The van der Waals surface area contributed by atoms with Gasteiger partial charge in [0.05, 0.1) is 16.4 Å². The fraction of sp³-hybridized carbons (Fsp3) is 0.393. The number of halogens is 1. The second-order valence-electron chi connectivity index (χ2n) is 9.70. The first-order valence-corrected chi connectivity index (χ1v) is 12.7. The van der Waals surface area contributed by atoms with E-state index in [-0.39, 0.29) is 30.4 Å². The van der Waals surface area contributed by atoms with Crippen molar-refractivity contribution in [3.8, 4) is 11.4 Å². The largest absolute Gasteiger partial charge is 0.484 e. The van der Waals surface area contributed by atoms with Crippen molar-refractivity contribution in [1.82, 2.24) is 14.7 Å². The number of ether oxygens (including phenoxy) is 1. The molecule has 1 heterocycles. The maximum Gasteiger partial charge on any atom is 0.260 e. The van der Waals surface area contributed by atoms with Gasteiger partial charge in [-0.1, -0.05) is 82.5 Å². The van der Waals surface area contributed by atoms with Crippen LogP contribution in [0.15, 0.2) is 60.7 Å². The van der Waals surface area contributed by atoms with E-state index >= 15 is 0 Å². The quantitative estimate of drug-likeness (QED) is 0.328. The Labute approximate surface area is 218 Å². The molecule has 0 aliphatic heterocycles. The molecule has 1 N–H and O–H groups in total. The molecule has 0 fully saturated rings. The highest BCUT2D eigenvalue weighted by Gasteiger charge is 2.24. The number of hydrogen-bond donors (Lipinski definition) is 1. The smallest absolute Gasteiger partial charge is 0.260 e. The summed E-state index contributed by atoms with van der Waals surface area (Å²) >= 11 is 6.43. The molecule has 3 rings (SSSR count). The number of hydrogen-bond acceptors (Lipinski definition) is 4. The molecule has 0 spiro atoms. The van der Waals surface area contributed by atoms with Crippen molar-refractivity contribution >= 4 is 29.2 Å². The number of aromatic nitrogens is 2. The molecule has 2 amide bonds.